The van der Waals surface area contributed by atoms with Crippen molar-refractivity contribution in [3.63, 3.8) is 0 Å². The van der Waals surface area contributed by atoms with Gasteiger partial charge in [0.25, 0.3) is 11.8 Å². The number of piperazine rings is 1. The first-order chi connectivity index (χ1) is 35.0. The van der Waals surface area contributed by atoms with E-state index in [0.717, 1.165) is 112 Å². The molecule has 3 unspecified atom stereocenters. The largest absolute Gasteiger partial charge is 0.492 e. The second kappa shape index (κ2) is 24.9. The van der Waals surface area contributed by atoms with Crippen molar-refractivity contribution in [3.8, 4) is 6.07 Å². The van der Waals surface area contributed by atoms with Gasteiger partial charge in [-0.2, -0.15) is 10.4 Å². The topological polar surface area (TPSA) is 196 Å². The summed E-state index contributed by atoms with van der Waals surface area (Å²) < 4.78 is 34.7. The predicted molar refractivity (Wildman–Crippen MR) is 270 cm³/mol. The highest BCUT2D eigenvalue weighted by molar-refractivity contribution is 6.01. The molecule has 5 aliphatic heterocycles. The zero-order chi connectivity index (χ0) is 51.2. The van der Waals surface area contributed by atoms with Crippen molar-refractivity contribution in [2.24, 2.45) is 11.0 Å². The molecular formula is C53H65F2N11O6. The standard InChI is InChI=1S/C51H58F2N10O6.C2H7N/c1-2-69-41-28-43(47-37(29-54)31-57-63(47)33-41)35-9-14-46(56-30-35)61-19-15-51(16-20-61,58-48(66)44-27-38(52)10-13-45(44)53)50(68)55-17-5-3-4-6-18-59-21-23-60(24-22-59)39-11-12-42-36(26-39)32-62(49(42)67)40(34-65)8-7-25-64;1-3-2/h9-14,25-28,30-31,33-34,37,40,47H,2-8,15-24,32H2,1H3,(H,55,68)(H,58,66);3H,1-2H3. The maximum Gasteiger partial charge on any atom is 0.255 e. The summed E-state index contributed by atoms with van der Waals surface area (Å²) in [6, 6.07) is 13.7. The number of piperidine rings is 1. The first kappa shape index (κ1) is 52.8. The molecular weight excluding hydrogens is 925 g/mol. The molecule has 72 heavy (non-hydrogen) atoms. The van der Waals surface area contributed by atoms with E-state index in [1.54, 1.807) is 28.5 Å². The van der Waals surface area contributed by atoms with E-state index >= 15 is 0 Å². The maximum absolute atomic E-state index is 14.8. The number of anilines is 2. The number of aromatic nitrogens is 1. The van der Waals surface area contributed by atoms with Gasteiger partial charge in [-0.15, -0.1) is 0 Å². The lowest BCUT2D eigenvalue weighted by Crippen LogP contribution is -2.63. The number of ether oxygens (including phenoxy) is 1. The van der Waals surface area contributed by atoms with Crippen molar-refractivity contribution in [1.29, 1.82) is 5.26 Å². The van der Waals surface area contributed by atoms with Crippen molar-refractivity contribution in [2.75, 3.05) is 82.9 Å². The van der Waals surface area contributed by atoms with Crippen LogP contribution in [0.3, 0.4) is 0 Å². The Balaban J connectivity index is 0.00000247. The lowest BCUT2D eigenvalue weighted by molar-refractivity contribution is -0.128. The highest BCUT2D eigenvalue weighted by atomic mass is 19.1. The Bertz CT molecular complexity index is 2550. The van der Waals surface area contributed by atoms with E-state index in [1.807, 2.05) is 62.3 Å². The Hall–Kier alpha value is -7.04. The number of allylic oxidation sites excluding steroid dienone is 1. The fourth-order valence-electron chi connectivity index (χ4n) is 9.90. The van der Waals surface area contributed by atoms with Gasteiger partial charge in [0.2, 0.25) is 5.91 Å². The zero-order valence-electron chi connectivity index (χ0n) is 41.3. The molecule has 17 nitrogen and oxygen atoms in total. The van der Waals surface area contributed by atoms with Gasteiger partial charge in [0.05, 0.1) is 36.5 Å². The van der Waals surface area contributed by atoms with Gasteiger partial charge in [0.1, 0.15) is 47.2 Å². The van der Waals surface area contributed by atoms with Gasteiger partial charge in [0.15, 0.2) is 0 Å². The number of aldehydes is 2. The van der Waals surface area contributed by atoms with Crippen molar-refractivity contribution in [1.82, 2.24) is 35.7 Å². The fourth-order valence-corrected chi connectivity index (χ4v) is 9.90. The summed E-state index contributed by atoms with van der Waals surface area (Å²) in [7, 11) is 3.75. The lowest BCUT2D eigenvalue weighted by Gasteiger charge is -2.41. The molecule has 3 amide bonds. The SMILES string of the molecule is CCOC1=CN2N=CC(C#N)C2C(c2ccc(N3CCC(NC(=O)c4cc(F)ccc4F)(C(=O)NCCCCCCN4CCN(c5ccc6c(c5)CN(C(C=O)CCC=O)C6=O)CC4)CC3)nc2)=C1.CNC. The Morgan fingerprint density at radius 1 is 0.972 bits per heavy atom. The average Bonchev–Trinajstić information content (AvgIpc) is 3.97. The molecule has 0 radical (unpaired) electrons. The fraction of sp³-hybridized carbons (Fsp3) is 0.472. The minimum absolute atomic E-state index is 0.174. The predicted octanol–water partition coefficient (Wildman–Crippen LogP) is 5.05. The van der Waals surface area contributed by atoms with E-state index in [-0.39, 0.29) is 37.1 Å². The number of benzene rings is 2. The smallest absolute Gasteiger partial charge is 0.255 e. The number of amides is 3. The third-order valence-corrected chi connectivity index (χ3v) is 13.8. The number of nitrogens with zero attached hydrogens (tertiary/aromatic N) is 8. The normalized spacial score (nSPS) is 19.5. The second-order valence-electron chi connectivity index (χ2n) is 18.6. The van der Waals surface area contributed by atoms with Crippen molar-refractivity contribution in [3.05, 3.63) is 107 Å². The van der Waals surface area contributed by atoms with E-state index in [9.17, 15) is 38.0 Å². The minimum Gasteiger partial charge on any atom is -0.492 e. The Labute approximate surface area is 419 Å². The molecule has 19 heteroatoms. The monoisotopic (exact) mass is 990 g/mol. The summed E-state index contributed by atoms with van der Waals surface area (Å²) >= 11 is 0. The van der Waals surface area contributed by atoms with Crippen LogP contribution in [-0.2, 0) is 25.7 Å². The molecule has 8 rings (SSSR count). The third kappa shape index (κ3) is 12.3. The number of hydrogen-bond acceptors (Lipinski definition) is 14. The van der Waals surface area contributed by atoms with Crippen LogP contribution in [0.1, 0.15) is 90.1 Å². The van der Waals surface area contributed by atoms with Crippen LogP contribution in [0, 0.1) is 28.9 Å². The van der Waals surface area contributed by atoms with E-state index in [2.05, 4.69) is 36.9 Å². The van der Waals surface area contributed by atoms with Crippen LogP contribution in [0.15, 0.2) is 77.9 Å². The van der Waals surface area contributed by atoms with Gasteiger partial charge in [-0.1, -0.05) is 12.8 Å². The van der Waals surface area contributed by atoms with Crippen molar-refractivity contribution >= 4 is 53.6 Å². The molecule has 0 bridgehead atoms. The van der Waals surface area contributed by atoms with Gasteiger partial charge < -0.3 is 45.0 Å². The van der Waals surface area contributed by atoms with Gasteiger partial charge in [-0.25, -0.2) is 13.8 Å². The number of pyridine rings is 1. The number of carbonyl (C=O) groups is 5. The maximum atomic E-state index is 14.8. The number of rotatable bonds is 20. The van der Waals surface area contributed by atoms with Crippen LogP contribution >= 0.6 is 0 Å². The van der Waals surface area contributed by atoms with E-state index < -0.39 is 40.6 Å². The van der Waals surface area contributed by atoms with Crippen LogP contribution in [-0.4, -0.2) is 147 Å². The molecule has 2 aromatic carbocycles. The highest BCUT2D eigenvalue weighted by Crippen LogP contribution is 2.37. The molecule has 0 saturated carbocycles. The number of unbranched alkanes of at least 4 members (excludes halogenated alkanes) is 3. The Morgan fingerprint density at radius 3 is 2.43 bits per heavy atom. The molecule has 2 saturated heterocycles. The van der Waals surface area contributed by atoms with Crippen LogP contribution in [0.2, 0.25) is 0 Å². The molecule has 3 aromatic rings. The summed E-state index contributed by atoms with van der Waals surface area (Å²) in [5, 5.41) is 24.5. The third-order valence-electron chi connectivity index (χ3n) is 13.8. The van der Waals surface area contributed by atoms with Crippen LogP contribution in [0.25, 0.3) is 5.57 Å². The van der Waals surface area contributed by atoms with Crippen LogP contribution in [0.4, 0.5) is 20.3 Å². The summed E-state index contributed by atoms with van der Waals surface area (Å²) in [4.78, 5) is 76.2. The summed E-state index contributed by atoms with van der Waals surface area (Å²) in [6.45, 7) is 8.23. The molecule has 0 aliphatic carbocycles. The summed E-state index contributed by atoms with van der Waals surface area (Å²) in [5.41, 5.74) is 2.35. The van der Waals surface area contributed by atoms with Crippen LogP contribution in [0.5, 0.6) is 0 Å². The number of halogens is 2. The quantitative estimate of drug-likeness (QED) is 0.101. The molecule has 6 heterocycles. The van der Waals surface area contributed by atoms with Gasteiger partial charge in [0, 0.05) is 82.4 Å². The molecule has 3 N–H and O–H groups in total. The van der Waals surface area contributed by atoms with E-state index in [1.165, 1.54) is 0 Å². The summed E-state index contributed by atoms with van der Waals surface area (Å²) in [6.07, 6.45) is 13.1. The first-order valence-electron chi connectivity index (χ1n) is 24.9. The van der Waals surface area contributed by atoms with Crippen molar-refractivity contribution < 1.29 is 37.5 Å². The first-order valence-corrected chi connectivity index (χ1v) is 24.9. The molecule has 0 spiro atoms. The number of nitriles is 1. The molecule has 5 aliphatic rings. The summed E-state index contributed by atoms with van der Waals surface area (Å²) in [5.74, 6) is -2.23. The average molecular weight is 990 g/mol. The molecule has 1 aromatic heterocycles. The zero-order valence-corrected chi connectivity index (χ0v) is 41.3. The number of nitrogens with one attached hydrogen (secondary N) is 3. The minimum atomic E-state index is -1.38. The van der Waals surface area contributed by atoms with Gasteiger partial charge in [-0.05, 0) is 131 Å². The van der Waals surface area contributed by atoms with Crippen LogP contribution < -0.4 is 25.8 Å². The van der Waals surface area contributed by atoms with Gasteiger partial charge >= 0.3 is 0 Å². The number of fused-ring (bicyclic) bond motifs is 2. The Kier molecular flexibility index (Phi) is 18.2. The highest BCUT2D eigenvalue weighted by Gasteiger charge is 2.44. The number of hydrazone groups is 1. The number of hydrogen-bond donors (Lipinski definition) is 3. The number of carbonyl (C=O) groups excluding carboxylic acids is 5. The van der Waals surface area contributed by atoms with E-state index in [4.69, 9.17) is 9.72 Å². The van der Waals surface area contributed by atoms with Gasteiger partial charge in [-0.3, -0.25) is 24.3 Å². The molecule has 3 atom stereocenters. The molecule has 2 fully saturated rings. The van der Waals surface area contributed by atoms with Crippen molar-refractivity contribution in [2.45, 2.75) is 82.5 Å². The Morgan fingerprint density at radius 2 is 1.74 bits per heavy atom. The lowest BCUT2D eigenvalue weighted by atomic mass is 9.85. The van der Waals surface area contributed by atoms with E-state index in [0.29, 0.717) is 56.3 Å². The second-order valence-corrected chi connectivity index (χ2v) is 18.6. The molecule has 382 valence electrons.